The molecule has 0 saturated carbocycles. The van der Waals surface area contributed by atoms with Gasteiger partial charge in [0.2, 0.25) is 10.0 Å². The number of sulfonamides is 1. The van der Waals surface area contributed by atoms with Crippen molar-refractivity contribution in [1.29, 1.82) is 5.26 Å². The number of ether oxygens (including phenoxy) is 1. The first-order chi connectivity index (χ1) is 15.7. The summed E-state index contributed by atoms with van der Waals surface area (Å²) in [6, 6.07) is 13.7. The fourth-order valence-corrected chi connectivity index (χ4v) is 5.24. The summed E-state index contributed by atoms with van der Waals surface area (Å²) < 4.78 is 32.4. The van der Waals surface area contributed by atoms with Crippen LogP contribution in [0.1, 0.15) is 49.3 Å². The Balaban J connectivity index is 1.68. The van der Waals surface area contributed by atoms with Gasteiger partial charge in [-0.1, -0.05) is 29.5 Å². The Morgan fingerprint density at radius 2 is 2.03 bits per heavy atom. The zero-order valence-electron chi connectivity index (χ0n) is 18.6. The summed E-state index contributed by atoms with van der Waals surface area (Å²) in [5.41, 5.74) is 4.53. The van der Waals surface area contributed by atoms with Crippen LogP contribution in [0.4, 0.5) is 0 Å². The van der Waals surface area contributed by atoms with Gasteiger partial charge < -0.3 is 4.74 Å². The van der Waals surface area contributed by atoms with Crippen molar-refractivity contribution in [2.24, 2.45) is 4.40 Å². The smallest absolute Gasteiger partial charge is 0.249 e. The van der Waals surface area contributed by atoms with Crippen LogP contribution in [0.15, 0.2) is 40.8 Å². The average Bonchev–Trinajstić information content (AvgIpc) is 3.26. The third-order valence-corrected chi connectivity index (χ3v) is 6.86. The zero-order chi connectivity index (χ0) is 23.6. The first-order valence-corrected chi connectivity index (χ1v) is 13.3. The highest BCUT2D eigenvalue weighted by molar-refractivity contribution is 7.89. The predicted molar refractivity (Wildman–Crippen MR) is 130 cm³/mol. The van der Waals surface area contributed by atoms with E-state index in [0.717, 1.165) is 57.8 Å². The molecule has 1 aliphatic rings. The summed E-state index contributed by atoms with van der Waals surface area (Å²) in [5.74, 6) is 0.516. The Labute approximate surface area is 197 Å². The quantitative estimate of drug-likeness (QED) is 0.461. The van der Waals surface area contributed by atoms with E-state index in [4.69, 9.17) is 4.74 Å². The number of rotatable bonds is 6. The lowest BCUT2D eigenvalue weighted by Gasteiger charge is -2.24. The molecule has 9 heteroatoms. The Hall–Kier alpha value is -3.09. The fraction of sp³-hybridized carbons (Fsp3) is 0.333. The second-order valence-electron chi connectivity index (χ2n) is 8.26. The molecular weight excluding hydrogens is 456 g/mol. The van der Waals surface area contributed by atoms with E-state index in [1.165, 1.54) is 11.3 Å². The molecule has 0 spiro atoms. The lowest BCUT2D eigenvalue weighted by molar-refractivity contribution is 0.242. The number of benzene rings is 2. The maximum atomic E-state index is 11.5. The van der Waals surface area contributed by atoms with E-state index in [9.17, 15) is 13.7 Å². The Bertz CT molecular complexity index is 1350. The van der Waals surface area contributed by atoms with Crippen LogP contribution in [0.3, 0.4) is 0 Å². The molecule has 1 aliphatic carbocycles. The highest BCUT2D eigenvalue weighted by Gasteiger charge is 2.23. The predicted octanol–water partition coefficient (Wildman–Crippen LogP) is 4.98. The van der Waals surface area contributed by atoms with E-state index >= 15 is 0 Å². The van der Waals surface area contributed by atoms with Crippen molar-refractivity contribution in [1.82, 2.24) is 10.2 Å². The van der Waals surface area contributed by atoms with Crippen molar-refractivity contribution < 1.29 is 13.2 Å². The molecular formula is C24H24N4O3S2. The normalized spacial score (nSPS) is 16.0. The van der Waals surface area contributed by atoms with Gasteiger partial charge in [0, 0.05) is 23.3 Å². The standard InChI is InChI=1S/C24H24N4O3S2/c1-15(2)31-22-11-10-16(12-18(22)13-25)23-27-28-24(32-23)21-9-5-7-19-17(6-4-8-20(19)21)14-26-33(3,29)30/h5,7,9-12,14-15,17H,4,6,8H2,1-3H3/b26-14+. The van der Waals surface area contributed by atoms with Crippen LogP contribution < -0.4 is 4.74 Å². The molecule has 0 amide bonds. The first-order valence-electron chi connectivity index (χ1n) is 10.7. The molecule has 33 heavy (non-hydrogen) atoms. The van der Waals surface area contributed by atoms with Crippen molar-refractivity contribution in [2.75, 3.05) is 6.26 Å². The van der Waals surface area contributed by atoms with Crippen molar-refractivity contribution in [3.05, 3.63) is 53.1 Å². The largest absolute Gasteiger partial charge is 0.490 e. The van der Waals surface area contributed by atoms with Crippen LogP contribution >= 0.6 is 11.3 Å². The molecule has 1 unspecified atom stereocenters. The van der Waals surface area contributed by atoms with E-state index < -0.39 is 10.0 Å². The monoisotopic (exact) mass is 480 g/mol. The lowest BCUT2D eigenvalue weighted by Crippen LogP contribution is -2.12. The third kappa shape index (κ3) is 5.29. The molecule has 0 fully saturated rings. The van der Waals surface area contributed by atoms with Crippen LogP contribution in [0.5, 0.6) is 5.75 Å². The summed E-state index contributed by atoms with van der Waals surface area (Å²) in [6.07, 6.45) is 5.33. The van der Waals surface area contributed by atoms with Gasteiger partial charge in [0.25, 0.3) is 0 Å². The zero-order valence-corrected chi connectivity index (χ0v) is 20.3. The van der Waals surface area contributed by atoms with Crippen molar-refractivity contribution in [3.8, 4) is 33.0 Å². The lowest BCUT2D eigenvalue weighted by atomic mass is 9.81. The second-order valence-corrected chi connectivity index (χ2v) is 10.9. The molecule has 0 aliphatic heterocycles. The van der Waals surface area contributed by atoms with Gasteiger partial charge in [-0.3, -0.25) is 0 Å². The van der Waals surface area contributed by atoms with Gasteiger partial charge in [-0.25, -0.2) is 8.42 Å². The van der Waals surface area contributed by atoms with Crippen LogP contribution in [-0.4, -0.2) is 37.2 Å². The SMILES string of the molecule is CC(C)Oc1ccc(-c2nnc(-c3cccc4c3CCCC4/C=N/S(C)(=O)=O)s2)cc1C#N. The van der Waals surface area contributed by atoms with Crippen molar-refractivity contribution in [3.63, 3.8) is 0 Å². The molecule has 0 N–H and O–H groups in total. The molecule has 1 aromatic heterocycles. The summed E-state index contributed by atoms with van der Waals surface area (Å²) in [7, 11) is -3.41. The average molecular weight is 481 g/mol. The van der Waals surface area contributed by atoms with Gasteiger partial charge in [0.05, 0.1) is 17.9 Å². The van der Waals surface area contributed by atoms with Crippen LogP contribution in [0, 0.1) is 11.3 Å². The maximum absolute atomic E-state index is 11.5. The number of fused-ring (bicyclic) bond motifs is 1. The fourth-order valence-electron chi connectivity index (χ4n) is 3.98. The van der Waals surface area contributed by atoms with Gasteiger partial charge in [-0.05, 0) is 62.4 Å². The van der Waals surface area contributed by atoms with E-state index in [0.29, 0.717) is 11.3 Å². The Morgan fingerprint density at radius 3 is 2.76 bits per heavy atom. The number of hydrogen-bond acceptors (Lipinski definition) is 7. The van der Waals surface area contributed by atoms with Gasteiger partial charge in [-0.2, -0.15) is 9.66 Å². The number of nitrogens with zero attached hydrogens (tertiary/aromatic N) is 4. The van der Waals surface area contributed by atoms with E-state index in [1.807, 2.05) is 38.1 Å². The Kier molecular flexibility index (Phi) is 6.58. The summed E-state index contributed by atoms with van der Waals surface area (Å²) >= 11 is 1.47. The Morgan fingerprint density at radius 1 is 1.24 bits per heavy atom. The minimum atomic E-state index is -3.41. The molecule has 2 aromatic carbocycles. The number of hydrogen-bond donors (Lipinski definition) is 0. The summed E-state index contributed by atoms with van der Waals surface area (Å²) in [5, 5.41) is 19.9. The summed E-state index contributed by atoms with van der Waals surface area (Å²) in [4.78, 5) is 0. The number of aromatic nitrogens is 2. The topological polar surface area (TPSA) is 105 Å². The van der Waals surface area contributed by atoms with E-state index in [-0.39, 0.29) is 12.0 Å². The maximum Gasteiger partial charge on any atom is 0.249 e. The van der Waals surface area contributed by atoms with Gasteiger partial charge in [0.1, 0.15) is 21.8 Å². The highest BCUT2D eigenvalue weighted by atomic mass is 32.2. The van der Waals surface area contributed by atoms with E-state index in [2.05, 4.69) is 20.7 Å². The molecule has 170 valence electrons. The third-order valence-electron chi connectivity index (χ3n) is 5.35. The van der Waals surface area contributed by atoms with Crippen LogP contribution in [0.2, 0.25) is 0 Å². The minimum Gasteiger partial charge on any atom is -0.490 e. The van der Waals surface area contributed by atoms with Gasteiger partial charge in [-0.15, -0.1) is 10.2 Å². The van der Waals surface area contributed by atoms with Crippen molar-refractivity contribution in [2.45, 2.75) is 45.1 Å². The molecule has 0 radical (unpaired) electrons. The van der Waals surface area contributed by atoms with Crippen molar-refractivity contribution >= 4 is 27.6 Å². The van der Waals surface area contributed by atoms with Gasteiger partial charge >= 0.3 is 0 Å². The molecule has 0 saturated heterocycles. The minimum absolute atomic E-state index is 0.0216. The molecule has 1 heterocycles. The molecule has 4 rings (SSSR count). The highest BCUT2D eigenvalue weighted by Crippen LogP contribution is 2.39. The molecule has 0 bridgehead atoms. The number of nitriles is 1. The van der Waals surface area contributed by atoms with E-state index in [1.54, 1.807) is 18.3 Å². The van der Waals surface area contributed by atoms with Crippen LogP contribution in [-0.2, 0) is 16.4 Å². The molecule has 7 nitrogen and oxygen atoms in total. The second kappa shape index (κ2) is 9.41. The molecule has 3 aromatic rings. The van der Waals surface area contributed by atoms with Gasteiger partial charge in [0.15, 0.2) is 0 Å². The summed E-state index contributed by atoms with van der Waals surface area (Å²) in [6.45, 7) is 3.84. The van der Waals surface area contributed by atoms with Crippen LogP contribution in [0.25, 0.3) is 21.1 Å². The first kappa shape index (κ1) is 23.1. The molecule has 1 atom stereocenters.